The van der Waals surface area contributed by atoms with Gasteiger partial charge >= 0.3 is 11.7 Å². The minimum absolute atomic E-state index is 0.0959. The van der Waals surface area contributed by atoms with Gasteiger partial charge in [0.25, 0.3) is 0 Å². The highest BCUT2D eigenvalue weighted by Crippen LogP contribution is 2.13. The fourth-order valence-electron chi connectivity index (χ4n) is 2.60. The highest BCUT2D eigenvalue weighted by atomic mass is 35.5. The molecule has 2 aromatic rings. The molecule has 0 bridgehead atoms. The quantitative estimate of drug-likeness (QED) is 0.729. The zero-order chi connectivity index (χ0) is 16.6. The van der Waals surface area contributed by atoms with E-state index in [9.17, 15) is 9.59 Å². The number of aromatic nitrogens is 4. The van der Waals surface area contributed by atoms with E-state index in [1.54, 1.807) is 24.3 Å². The Morgan fingerprint density at radius 2 is 1.96 bits per heavy atom. The molecule has 0 spiro atoms. The summed E-state index contributed by atoms with van der Waals surface area (Å²) in [5, 5.41) is 7.91. The van der Waals surface area contributed by atoms with Crippen molar-refractivity contribution in [1.82, 2.24) is 24.7 Å². The Kier molecular flexibility index (Phi) is 4.18. The van der Waals surface area contributed by atoms with Crippen LogP contribution in [0.25, 0.3) is 5.69 Å². The molecule has 2 atom stereocenters. The van der Waals surface area contributed by atoms with Gasteiger partial charge < -0.3 is 9.64 Å². The van der Waals surface area contributed by atoms with E-state index in [0.717, 1.165) is 9.36 Å². The Bertz CT molecular complexity index is 777. The molecular weight excluding hydrogens is 322 g/mol. The molecule has 2 unspecified atom stereocenters. The van der Waals surface area contributed by atoms with Crippen LogP contribution in [0.3, 0.4) is 0 Å². The largest absolute Gasteiger partial charge is 0.377 e. The zero-order valence-corrected chi connectivity index (χ0v) is 13.5. The summed E-state index contributed by atoms with van der Waals surface area (Å²) in [6, 6.07) is 6.10. The predicted octanol–water partition coefficient (Wildman–Crippen LogP) is 1.16. The van der Waals surface area contributed by atoms with E-state index in [1.807, 2.05) is 13.8 Å². The lowest BCUT2D eigenvalue weighted by molar-refractivity contribution is -0.0547. The van der Waals surface area contributed by atoms with Crippen molar-refractivity contribution in [1.29, 1.82) is 0 Å². The number of ether oxygens (including phenoxy) is 1. The highest BCUT2D eigenvalue weighted by Gasteiger charge is 2.29. The molecule has 9 heteroatoms. The molecule has 2 heterocycles. The average molecular weight is 338 g/mol. The van der Waals surface area contributed by atoms with Crippen molar-refractivity contribution in [3.05, 3.63) is 39.8 Å². The highest BCUT2D eigenvalue weighted by molar-refractivity contribution is 6.30. The monoisotopic (exact) mass is 337 g/mol. The first-order valence-electron chi connectivity index (χ1n) is 7.21. The topological polar surface area (TPSA) is 82.3 Å². The summed E-state index contributed by atoms with van der Waals surface area (Å²) in [7, 11) is 0. The molecule has 1 fully saturated rings. The molecule has 122 valence electrons. The van der Waals surface area contributed by atoms with Crippen LogP contribution < -0.4 is 5.69 Å². The number of carbonyl (C=O) groups is 1. The van der Waals surface area contributed by atoms with Crippen LogP contribution in [0.1, 0.15) is 13.8 Å². The van der Waals surface area contributed by atoms with Gasteiger partial charge in [-0.15, -0.1) is 4.68 Å². The van der Waals surface area contributed by atoms with Crippen LogP contribution in [0, 0.1) is 0 Å². The van der Waals surface area contributed by atoms with Gasteiger partial charge in [-0.3, -0.25) is 0 Å². The Morgan fingerprint density at radius 1 is 1.26 bits per heavy atom. The molecule has 1 aromatic heterocycles. The van der Waals surface area contributed by atoms with Crippen molar-refractivity contribution < 1.29 is 9.53 Å². The van der Waals surface area contributed by atoms with Crippen LogP contribution in [0.4, 0.5) is 4.79 Å². The summed E-state index contributed by atoms with van der Waals surface area (Å²) < 4.78 is 7.38. The molecule has 0 radical (unpaired) electrons. The van der Waals surface area contributed by atoms with E-state index in [1.165, 1.54) is 4.90 Å². The van der Waals surface area contributed by atoms with Crippen molar-refractivity contribution in [2.24, 2.45) is 0 Å². The van der Waals surface area contributed by atoms with E-state index in [4.69, 9.17) is 16.3 Å². The number of hydrogen-bond acceptors (Lipinski definition) is 5. The maximum Gasteiger partial charge on any atom is 0.377 e. The summed E-state index contributed by atoms with van der Waals surface area (Å²) in [5.74, 6) is 0. The number of benzene rings is 1. The fraction of sp³-hybridized carbons (Fsp3) is 0.429. The standard InChI is InChI=1S/C14H16ClN5O3/c1-9-7-18(8-10(2)23-9)13(21)20-14(22)19(16-17-20)12-5-3-4-11(15)6-12/h3-6,9-10H,7-8H2,1-2H3. The van der Waals surface area contributed by atoms with E-state index in [-0.39, 0.29) is 12.2 Å². The molecule has 1 saturated heterocycles. The summed E-state index contributed by atoms with van der Waals surface area (Å²) in [4.78, 5) is 26.5. The van der Waals surface area contributed by atoms with Crippen LogP contribution in [0.2, 0.25) is 5.02 Å². The first kappa shape index (κ1) is 15.7. The smallest absolute Gasteiger partial charge is 0.372 e. The van der Waals surface area contributed by atoms with Gasteiger partial charge in [0.15, 0.2) is 0 Å². The fourth-order valence-corrected chi connectivity index (χ4v) is 2.79. The molecule has 3 rings (SSSR count). The van der Waals surface area contributed by atoms with Crippen molar-refractivity contribution in [3.8, 4) is 5.69 Å². The third-order valence-electron chi connectivity index (χ3n) is 3.51. The van der Waals surface area contributed by atoms with Crippen molar-refractivity contribution in [2.45, 2.75) is 26.1 Å². The average Bonchev–Trinajstić information content (AvgIpc) is 2.87. The Morgan fingerprint density at radius 3 is 2.61 bits per heavy atom. The van der Waals surface area contributed by atoms with Crippen molar-refractivity contribution >= 4 is 17.6 Å². The molecule has 1 amide bonds. The van der Waals surface area contributed by atoms with Crippen LogP contribution >= 0.6 is 11.6 Å². The second kappa shape index (κ2) is 6.13. The number of rotatable bonds is 1. The predicted molar refractivity (Wildman–Crippen MR) is 83.0 cm³/mol. The van der Waals surface area contributed by atoms with Gasteiger partial charge in [-0.2, -0.15) is 4.68 Å². The number of tetrazole rings is 1. The molecule has 23 heavy (non-hydrogen) atoms. The minimum Gasteiger partial charge on any atom is -0.372 e. The summed E-state index contributed by atoms with van der Waals surface area (Å²) in [5.41, 5.74) is -0.186. The van der Waals surface area contributed by atoms with Gasteiger partial charge in [0.2, 0.25) is 0 Å². The Labute approximate surface area is 137 Å². The second-order valence-electron chi connectivity index (χ2n) is 5.51. The summed E-state index contributed by atoms with van der Waals surface area (Å²) in [6.07, 6.45) is -0.192. The third kappa shape index (κ3) is 3.13. The number of halogens is 1. The number of hydrogen-bond donors (Lipinski definition) is 0. The van der Waals surface area contributed by atoms with Crippen molar-refractivity contribution in [2.75, 3.05) is 13.1 Å². The van der Waals surface area contributed by atoms with Gasteiger partial charge in [0.05, 0.1) is 17.9 Å². The summed E-state index contributed by atoms with van der Waals surface area (Å²) in [6.45, 7) is 4.56. The van der Waals surface area contributed by atoms with Gasteiger partial charge in [0.1, 0.15) is 0 Å². The van der Waals surface area contributed by atoms with Crippen molar-refractivity contribution in [3.63, 3.8) is 0 Å². The molecule has 0 N–H and O–H groups in total. The van der Waals surface area contributed by atoms with Crippen LogP contribution in [-0.2, 0) is 4.74 Å². The number of morpholine rings is 1. The minimum atomic E-state index is -0.635. The number of amides is 1. The third-order valence-corrected chi connectivity index (χ3v) is 3.74. The SMILES string of the molecule is CC1CN(C(=O)n2nnn(-c3cccc(Cl)c3)c2=O)CC(C)O1. The lowest BCUT2D eigenvalue weighted by atomic mass is 10.2. The summed E-state index contributed by atoms with van der Waals surface area (Å²) >= 11 is 5.91. The molecule has 0 aliphatic carbocycles. The first-order chi connectivity index (χ1) is 11.0. The van der Waals surface area contributed by atoms with Gasteiger partial charge in [-0.1, -0.05) is 17.7 Å². The van der Waals surface area contributed by atoms with Crippen LogP contribution in [-0.4, -0.2) is 56.0 Å². The molecule has 1 aromatic carbocycles. The van der Waals surface area contributed by atoms with E-state index < -0.39 is 11.7 Å². The first-order valence-corrected chi connectivity index (χ1v) is 7.59. The molecule has 0 saturated carbocycles. The lowest BCUT2D eigenvalue weighted by Gasteiger charge is -2.34. The molecule has 1 aliphatic heterocycles. The van der Waals surface area contributed by atoms with E-state index in [0.29, 0.717) is 23.8 Å². The second-order valence-corrected chi connectivity index (χ2v) is 5.95. The number of carbonyl (C=O) groups excluding carboxylic acids is 1. The maximum atomic E-state index is 12.5. The van der Waals surface area contributed by atoms with E-state index in [2.05, 4.69) is 10.4 Å². The normalized spacial score (nSPS) is 21.4. The maximum absolute atomic E-state index is 12.5. The molecule has 8 nitrogen and oxygen atoms in total. The van der Waals surface area contributed by atoms with E-state index >= 15 is 0 Å². The van der Waals surface area contributed by atoms with Gasteiger partial charge in [0, 0.05) is 18.1 Å². The van der Waals surface area contributed by atoms with Crippen LogP contribution in [0.15, 0.2) is 29.1 Å². The van der Waals surface area contributed by atoms with Crippen LogP contribution in [0.5, 0.6) is 0 Å². The lowest BCUT2D eigenvalue weighted by Crippen LogP contribution is -2.51. The van der Waals surface area contributed by atoms with Gasteiger partial charge in [-0.25, -0.2) is 9.59 Å². The van der Waals surface area contributed by atoms with Gasteiger partial charge in [-0.05, 0) is 42.5 Å². The Balaban J connectivity index is 1.90. The molecule has 1 aliphatic rings. The Hall–Kier alpha value is -2.19. The number of nitrogens with zero attached hydrogens (tertiary/aromatic N) is 5. The zero-order valence-electron chi connectivity index (χ0n) is 12.7. The molecular formula is C14H16ClN5O3.